The SMILES string of the molecule is CCCCCCCCCCCCCCCCCC[N+](CCO)(CCO)CCCO.O=C(O)c1ccccc1[O-]. The minimum Gasteiger partial charge on any atom is -0.872 e. The van der Waals surface area contributed by atoms with Crippen LogP contribution in [0.5, 0.6) is 5.75 Å². The maximum absolute atomic E-state index is 10.7. The molecule has 0 fully saturated rings. The predicted molar refractivity (Wildman–Crippen MR) is 158 cm³/mol. The van der Waals surface area contributed by atoms with E-state index in [2.05, 4.69) is 6.92 Å². The molecule has 7 nitrogen and oxygen atoms in total. The van der Waals surface area contributed by atoms with Crippen molar-refractivity contribution in [2.24, 2.45) is 0 Å². The van der Waals surface area contributed by atoms with Crippen LogP contribution in [0.4, 0.5) is 0 Å². The average molecular weight is 554 g/mol. The molecular formula is C32H59NO6. The van der Waals surface area contributed by atoms with Crippen molar-refractivity contribution < 1.29 is 34.8 Å². The molecule has 0 heterocycles. The third-order valence-corrected chi connectivity index (χ3v) is 7.54. The molecule has 0 atom stereocenters. The first kappa shape index (κ1) is 37.3. The van der Waals surface area contributed by atoms with Gasteiger partial charge in [0.15, 0.2) is 0 Å². The van der Waals surface area contributed by atoms with Crippen LogP contribution in [0.15, 0.2) is 24.3 Å². The third-order valence-electron chi connectivity index (χ3n) is 7.54. The summed E-state index contributed by atoms with van der Waals surface area (Å²) in [5.74, 6) is -1.62. The number of aliphatic hydroxyl groups is 3. The van der Waals surface area contributed by atoms with Crippen LogP contribution in [0.3, 0.4) is 0 Å². The number of benzene rings is 1. The van der Waals surface area contributed by atoms with Crippen LogP contribution in [-0.2, 0) is 0 Å². The second-order valence-corrected chi connectivity index (χ2v) is 10.9. The number of unbranched alkanes of at least 4 members (excludes halogenated alkanes) is 15. The Balaban J connectivity index is 0.00000120. The smallest absolute Gasteiger partial charge is 0.335 e. The van der Waals surface area contributed by atoms with Gasteiger partial charge in [-0.2, -0.15) is 0 Å². The molecule has 0 radical (unpaired) electrons. The van der Waals surface area contributed by atoms with Crippen LogP contribution in [0.2, 0.25) is 0 Å². The highest BCUT2D eigenvalue weighted by atomic mass is 16.4. The van der Waals surface area contributed by atoms with Crippen molar-refractivity contribution in [1.82, 2.24) is 0 Å². The summed E-state index contributed by atoms with van der Waals surface area (Å²) in [6.07, 6.45) is 22.8. The number of carboxylic acid groups (broad SMARTS) is 1. The fourth-order valence-corrected chi connectivity index (χ4v) is 5.14. The van der Waals surface area contributed by atoms with Crippen molar-refractivity contribution in [2.45, 2.75) is 116 Å². The second kappa shape index (κ2) is 26.5. The van der Waals surface area contributed by atoms with E-state index < -0.39 is 11.7 Å². The van der Waals surface area contributed by atoms with Crippen LogP contribution >= 0.6 is 0 Å². The van der Waals surface area contributed by atoms with Gasteiger partial charge in [-0.25, -0.2) is 4.79 Å². The Kier molecular flexibility index (Phi) is 25.4. The fraction of sp³-hybridized carbons (Fsp3) is 0.781. The second-order valence-electron chi connectivity index (χ2n) is 10.9. The van der Waals surface area contributed by atoms with Crippen molar-refractivity contribution in [3.8, 4) is 5.75 Å². The molecule has 0 spiro atoms. The maximum atomic E-state index is 10.7. The fourth-order valence-electron chi connectivity index (χ4n) is 5.14. The molecule has 39 heavy (non-hydrogen) atoms. The molecule has 0 saturated heterocycles. The molecule has 0 aliphatic carbocycles. The van der Waals surface area contributed by atoms with E-state index in [1.54, 1.807) is 0 Å². The first-order valence-corrected chi connectivity index (χ1v) is 15.6. The molecule has 0 amide bonds. The Bertz CT molecular complexity index is 678. The zero-order chi connectivity index (χ0) is 29.0. The first-order chi connectivity index (χ1) is 19.0. The van der Waals surface area contributed by atoms with Crippen LogP contribution in [-0.4, -0.2) is 76.9 Å². The van der Waals surface area contributed by atoms with Gasteiger partial charge in [0.25, 0.3) is 0 Å². The van der Waals surface area contributed by atoms with E-state index in [-0.39, 0.29) is 25.4 Å². The quantitative estimate of drug-likeness (QED) is 0.0885. The van der Waals surface area contributed by atoms with Crippen LogP contribution < -0.4 is 5.11 Å². The van der Waals surface area contributed by atoms with Gasteiger partial charge in [0.1, 0.15) is 13.1 Å². The lowest BCUT2D eigenvalue weighted by molar-refractivity contribution is -0.929. The van der Waals surface area contributed by atoms with Crippen LogP contribution in [0.25, 0.3) is 0 Å². The van der Waals surface area contributed by atoms with Gasteiger partial charge < -0.3 is 30.0 Å². The van der Waals surface area contributed by atoms with Crippen LogP contribution in [0, 0.1) is 0 Å². The summed E-state index contributed by atoms with van der Waals surface area (Å²) in [7, 11) is 0. The van der Waals surface area contributed by atoms with Crippen molar-refractivity contribution in [3.63, 3.8) is 0 Å². The number of nitrogens with zero attached hydrogens (tertiary/aromatic N) is 1. The summed E-state index contributed by atoms with van der Waals surface area (Å²) >= 11 is 0. The van der Waals surface area contributed by atoms with E-state index in [1.807, 2.05) is 0 Å². The number of aliphatic hydroxyl groups excluding tert-OH is 3. The maximum Gasteiger partial charge on any atom is 0.335 e. The minimum absolute atomic E-state index is 0.157. The largest absolute Gasteiger partial charge is 0.872 e. The lowest BCUT2D eigenvalue weighted by Crippen LogP contribution is -2.53. The summed E-state index contributed by atoms with van der Waals surface area (Å²) in [5, 5.41) is 47.0. The molecule has 1 aromatic rings. The number of quaternary nitrogens is 1. The van der Waals surface area contributed by atoms with E-state index in [9.17, 15) is 20.1 Å². The molecular weight excluding hydrogens is 494 g/mol. The highest BCUT2D eigenvalue weighted by Gasteiger charge is 2.25. The lowest BCUT2D eigenvalue weighted by atomic mass is 10.0. The van der Waals surface area contributed by atoms with Gasteiger partial charge in [0.2, 0.25) is 0 Å². The Morgan fingerprint density at radius 1 is 0.615 bits per heavy atom. The molecule has 4 N–H and O–H groups in total. The standard InChI is InChI=1S/C25H54NO3.C7H6O3/c1-2-3-4-5-6-7-8-9-10-11-12-13-14-15-16-17-19-26(21-24-28,22-25-29)20-18-23-27;8-6-4-2-1-3-5(6)7(9)10/h27-29H,2-25H2,1H3;1-4,8H,(H,9,10)/q+1;/p-1. The van der Waals surface area contributed by atoms with Gasteiger partial charge >= 0.3 is 5.97 Å². The number of para-hydroxylation sites is 1. The summed E-state index contributed by atoms with van der Waals surface area (Å²) in [6.45, 7) is 6.04. The zero-order valence-corrected chi connectivity index (χ0v) is 24.8. The highest BCUT2D eigenvalue weighted by molar-refractivity contribution is 5.90. The van der Waals surface area contributed by atoms with E-state index in [1.165, 1.54) is 121 Å². The molecule has 1 rings (SSSR count). The lowest BCUT2D eigenvalue weighted by Gasteiger charge is -2.38. The first-order valence-electron chi connectivity index (χ1n) is 15.6. The Hall–Kier alpha value is -1.67. The van der Waals surface area contributed by atoms with Crippen molar-refractivity contribution in [3.05, 3.63) is 29.8 Å². The molecule has 1 aromatic carbocycles. The Labute approximate surface area is 238 Å². The number of carbonyl (C=O) groups is 1. The van der Waals surface area contributed by atoms with Crippen LogP contribution in [0.1, 0.15) is 126 Å². The Morgan fingerprint density at radius 3 is 1.38 bits per heavy atom. The van der Waals surface area contributed by atoms with Crippen molar-refractivity contribution in [1.29, 1.82) is 0 Å². The predicted octanol–water partition coefficient (Wildman–Crippen LogP) is 5.89. The Morgan fingerprint density at radius 2 is 1.03 bits per heavy atom. The molecule has 0 unspecified atom stereocenters. The van der Waals surface area contributed by atoms with Crippen molar-refractivity contribution in [2.75, 3.05) is 46.0 Å². The molecule has 228 valence electrons. The topological polar surface area (TPSA) is 121 Å². The molecule has 0 saturated carbocycles. The zero-order valence-electron chi connectivity index (χ0n) is 24.8. The van der Waals surface area contributed by atoms with Crippen molar-refractivity contribution >= 4 is 5.97 Å². The molecule has 0 aromatic heterocycles. The number of hydrogen-bond acceptors (Lipinski definition) is 5. The molecule has 0 aliphatic heterocycles. The molecule has 0 aliphatic rings. The summed E-state index contributed by atoms with van der Waals surface area (Å²) in [5.41, 5.74) is -0.178. The van der Waals surface area contributed by atoms with E-state index in [0.29, 0.717) is 13.1 Å². The molecule has 7 heteroatoms. The van der Waals surface area contributed by atoms with Gasteiger partial charge in [-0.3, -0.25) is 0 Å². The summed E-state index contributed by atoms with van der Waals surface area (Å²) < 4.78 is 0.756. The van der Waals surface area contributed by atoms with Gasteiger partial charge in [-0.1, -0.05) is 121 Å². The number of rotatable bonds is 25. The number of hydrogen-bond donors (Lipinski definition) is 4. The average Bonchev–Trinajstić information content (AvgIpc) is 2.92. The number of carboxylic acids is 1. The van der Waals surface area contributed by atoms with Gasteiger partial charge in [0.05, 0.1) is 31.9 Å². The van der Waals surface area contributed by atoms with E-state index >= 15 is 0 Å². The summed E-state index contributed by atoms with van der Waals surface area (Å²) in [4.78, 5) is 10.2. The van der Waals surface area contributed by atoms with Gasteiger partial charge in [-0.05, 0) is 18.9 Å². The summed E-state index contributed by atoms with van der Waals surface area (Å²) in [6, 6.07) is 5.54. The van der Waals surface area contributed by atoms with E-state index in [0.717, 1.165) is 30.4 Å². The highest BCUT2D eigenvalue weighted by Crippen LogP contribution is 2.16. The monoisotopic (exact) mass is 553 g/mol. The minimum atomic E-state index is -1.18. The number of aromatic carboxylic acids is 1. The van der Waals surface area contributed by atoms with E-state index in [4.69, 9.17) is 10.2 Å². The van der Waals surface area contributed by atoms with Gasteiger partial charge in [0, 0.05) is 13.0 Å². The third kappa shape index (κ3) is 20.8. The molecule has 0 bridgehead atoms. The normalized spacial score (nSPS) is 11.3. The van der Waals surface area contributed by atoms with Gasteiger partial charge in [-0.15, -0.1) is 0 Å².